The molecule has 0 spiro atoms. The Bertz CT molecular complexity index is 963. The molecule has 0 bridgehead atoms. The average molecular weight is 366 g/mol. The number of hydrogen-bond acceptors (Lipinski definition) is 5. The number of aromatic nitrogens is 3. The summed E-state index contributed by atoms with van der Waals surface area (Å²) in [5.74, 6) is 0.579. The van der Waals surface area contributed by atoms with Crippen molar-refractivity contribution in [3.8, 4) is 11.5 Å². The lowest BCUT2D eigenvalue weighted by atomic mass is 10.1. The Labute approximate surface area is 158 Å². The maximum Gasteiger partial charge on any atom is 0.288 e. The van der Waals surface area contributed by atoms with Gasteiger partial charge in [0, 0.05) is 30.5 Å². The fourth-order valence-corrected chi connectivity index (χ4v) is 3.68. The van der Waals surface area contributed by atoms with E-state index in [0.29, 0.717) is 23.4 Å². The largest absolute Gasteiger partial charge is 0.409 e. The highest BCUT2D eigenvalue weighted by Gasteiger charge is 2.27. The Balaban J connectivity index is 1.58. The van der Waals surface area contributed by atoms with Gasteiger partial charge in [-0.25, -0.2) is 4.68 Å². The van der Waals surface area contributed by atoms with Crippen molar-refractivity contribution in [2.24, 2.45) is 0 Å². The zero-order valence-corrected chi connectivity index (χ0v) is 15.9. The van der Waals surface area contributed by atoms with Crippen molar-refractivity contribution < 1.29 is 4.42 Å². The fourth-order valence-electron chi connectivity index (χ4n) is 3.50. The van der Waals surface area contributed by atoms with Crippen molar-refractivity contribution in [2.45, 2.75) is 39.4 Å². The van der Waals surface area contributed by atoms with E-state index in [1.807, 2.05) is 24.5 Å². The summed E-state index contributed by atoms with van der Waals surface area (Å²) in [6.07, 6.45) is 6.05. The van der Waals surface area contributed by atoms with Gasteiger partial charge in [0.1, 0.15) is 0 Å². The Kier molecular flexibility index (Phi) is 4.70. The molecule has 0 saturated carbocycles. The quantitative estimate of drug-likeness (QED) is 0.628. The van der Waals surface area contributed by atoms with Crippen LogP contribution in [0.3, 0.4) is 0 Å². The van der Waals surface area contributed by atoms with Gasteiger partial charge in [-0.2, -0.15) is 0 Å². The number of pyridine rings is 1. The lowest BCUT2D eigenvalue weighted by molar-refractivity contribution is 0.187. The highest BCUT2D eigenvalue weighted by molar-refractivity contribution is 7.71. The van der Waals surface area contributed by atoms with Gasteiger partial charge < -0.3 is 4.42 Å². The molecule has 0 aliphatic carbocycles. The summed E-state index contributed by atoms with van der Waals surface area (Å²) in [7, 11) is 0. The molecule has 0 amide bonds. The van der Waals surface area contributed by atoms with E-state index in [-0.39, 0.29) is 0 Å². The number of hydrogen-bond donors (Lipinski definition) is 0. The molecule has 1 fully saturated rings. The lowest BCUT2D eigenvalue weighted by Gasteiger charge is -2.23. The molecule has 4 rings (SSSR count). The summed E-state index contributed by atoms with van der Waals surface area (Å²) in [6.45, 7) is 5.84. The summed E-state index contributed by atoms with van der Waals surface area (Å²) in [6, 6.07) is 10.7. The third kappa shape index (κ3) is 3.34. The predicted molar refractivity (Wildman–Crippen MR) is 103 cm³/mol. The first kappa shape index (κ1) is 17.1. The van der Waals surface area contributed by atoms with Gasteiger partial charge in [-0.1, -0.05) is 12.1 Å². The number of rotatable bonds is 4. The second-order valence-electron chi connectivity index (χ2n) is 6.87. The van der Waals surface area contributed by atoms with Crippen molar-refractivity contribution in [1.29, 1.82) is 0 Å². The molecule has 1 unspecified atom stereocenters. The van der Waals surface area contributed by atoms with Gasteiger partial charge in [0.15, 0.2) is 0 Å². The maximum atomic E-state index is 5.77. The molecule has 1 atom stereocenters. The van der Waals surface area contributed by atoms with Crippen molar-refractivity contribution in [3.63, 3.8) is 0 Å². The van der Waals surface area contributed by atoms with E-state index < -0.39 is 0 Å². The van der Waals surface area contributed by atoms with Crippen LogP contribution in [0.1, 0.15) is 35.6 Å². The smallest absolute Gasteiger partial charge is 0.288 e. The first-order valence-corrected chi connectivity index (χ1v) is 9.32. The Morgan fingerprint density at radius 2 is 2.12 bits per heavy atom. The van der Waals surface area contributed by atoms with Gasteiger partial charge >= 0.3 is 0 Å². The van der Waals surface area contributed by atoms with Crippen LogP contribution in [0.5, 0.6) is 0 Å². The number of benzene rings is 1. The van der Waals surface area contributed by atoms with E-state index in [0.717, 1.165) is 24.9 Å². The van der Waals surface area contributed by atoms with Gasteiger partial charge in [0.2, 0.25) is 5.89 Å². The number of aryl methyl sites for hydroxylation is 2. The molecule has 5 nitrogen and oxygen atoms in total. The summed E-state index contributed by atoms with van der Waals surface area (Å²) >= 11 is 5.42. The van der Waals surface area contributed by atoms with Crippen LogP contribution >= 0.6 is 12.2 Å². The molecule has 134 valence electrons. The first-order valence-electron chi connectivity index (χ1n) is 8.91. The summed E-state index contributed by atoms with van der Waals surface area (Å²) in [4.78, 5) is 7.06. The summed E-state index contributed by atoms with van der Waals surface area (Å²) in [5.41, 5.74) is 4.68. The van der Waals surface area contributed by atoms with Gasteiger partial charge in [-0.15, -0.1) is 5.10 Å². The fraction of sp³-hybridized carbons (Fsp3) is 0.350. The number of likely N-dealkylation sites (tertiary alicyclic amines) is 1. The molecule has 3 aromatic rings. The Morgan fingerprint density at radius 1 is 1.23 bits per heavy atom. The van der Waals surface area contributed by atoms with E-state index in [1.165, 1.54) is 16.7 Å². The second kappa shape index (κ2) is 7.13. The van der Waals surface area contributed by atoms with Crippen LogP contribution in [0.2, 0.25) is 0 Å². The minimum Gasteiger partial charge on any atom is -0.409 e. The molecule has 26 heavy (non-hydrogen) atoms. The van der Waals surface area contributed by atoms with Crippen LogP contribution in [0.4, 0.5) is 0 Å². The van der Waals surface area contributed by atoms with E-state index in [4.69, 9.17) is 16.6 Å². The lowest BCUT2D eigenvalue weighted by Crippen LogP contribution is -2.26. The van der Waals surface area contributed by atoms with E-state index >= 15 is 0 Å². The van der Waals surface area contributed by atoms with E-state index in [1.54, 1.807) is 4.68 Å². The molecule has 1 aliphatic heterocycles. The minimum atomic E-state index is 0.354. The maximum absolute atomic E-state index is 5.77. The van der Waals surface area contributed by atoms with E-state index in [2.05, 4.69) is 47.0 Å². The Hall–Kier alpha value is -2.31. The third-order valence-corrected chi connectivity index (χ3v) is 5.40. The SMILES string of the molecule is Cc1ccc(-c2nn(CN3CCCC3c3cccnc3)c(=S)o2)cc1C. The molecule has 1 saturated heterocycles. The topological polar surface area (TPSA) is 47.1 Å². The monoisotopic (exact) mass is 366 g/mol. The molecule has 3 heterocycles. The summed E-state index contributed by atoms with van der Waals surface area (Å²) in [5, 5.41) is 4.63. The van der Waals surface area contributed by atoms with Crippen molar-refractivity contribution >= 4 is 12.2 Å². The van der Waals surface area contributed by atoms with Crippen molar-refractivity contribution in [3.05, 3.63) is 64.3 Å². The minimum absolute atomic E-state index is 0.354. The van der Waals surface area contributed by atoms with Gasteiger partial charge in [0.25, 0.3) is 4.84 Å². The van der Waals surface area contributed by atoms with Gasteiger partial charge in [0.05, 0.1) is 6.67 Å². The van der Waals surface area contributed by atoms with Crippen LogP contribution in [0.15, 0.2) is 47.1 Å². The molecule has 0 N–H and O–H groups in total. The predicted octanol–water partition coefficient (Wildman–Crippen LogP) is 4.68. The van der Waals surface area contributed by atoms with Crippen molar-refractivity contribution in [1.82, 2.24) is 19.7 Å². The molecule has 1 aromatic carbocycles. The van der Waals surface area contributed by atoms with Crippen LogP contribution in [0.25, 0.3) is 11.5 Å². The van der Waals surface area contributed by atoms with Gasteiger partial charge in [-0.3, -0.25) is 9.88 Å². The third-order valence-electron chi connectivity index (χ3n) is 5.11. The van der Waals surface area contributed by atoms with E-state index in [9.17, 15) is 0 Å². The molecule has 2 aromatic heterocycles. The van der Waals surface area contributed by atoms with Crippen LogP contribution in [-0.4, -0.2) is 26.2 Å². The van der Waals surface area contributed by atoms with Crippen LogP contribution in [-0.2, 0) is 6.67 Å². The molecule has 1 aliphatic rings. The molecular formula is C20H22N4OS. The van der Waals surface area contributed by atoms with Crippen LogP contribution in [0, 0.1) is 18.7 Å². The molecular weight excluding hydrogens is 344 g/mol. The zero-order chi connectivity index (χ0) is 18.1. The number of nitrogens with zero attached hydrogens (tertiary/aromatic N) is 4. The van der Waals surface area contributed by atoms with Gasteiger partial charge in [-0.05, 0) is 73.8 Å². The first-order chi connectivity index (χ1) is 12.6. The normalized spacial score (nSPS) is 17.7. The molecule has 6 heteroatoms. The average Bonchev–Trinajstić information content (AvgIpc) is 3.26. The highest BCUT2D eigenvalue weighted by Crippen LogP contribution is 2.32. The standard InChI is InChI=1S/C20H22N4OS/c1-14-7-8-16(11-15(14)2)19-22-24(20(26)25-19)13-23-10-4-6-18(23)17-5-3-9-21-12-17/h3,5,7-9,11-12,18H,4,6,10,13H2,1-2H3. The van der Waals surface area contributed by atoms with Crippen molar-refractivity contribution in [2.75, 3.05) is 6.54 Å². The van der Waals surface area contributed by atoms with Crippen LogP contribution < -0.4 is 0 Å². The zero-order valence-electron chi connectivity index (χ0n) is 15.1. The summed E-state index contributed by atoms with van der Waals surface area (Å²) < 4.78 is 7.56. The second-order valence-corrected chi connectivity index (χ2v) is 7.22. The highest BCUT2D eigenvalue weighted by atomic mass is 32.1. The Morgan fingerprint density at radius 3 is 2.88 bits per heavy atom. The molecule has 0 radical (unpaired) electrons.